The van der Waals surface area contributed by atoms with E-state index in [1.54, 1.807) is 7.11 Å². The van der Waals surface area contributed by atoms with Gasteiger partial charge in [0.25, 0.3) is 0 Å². The highest BCUT2D eigenvalue weighted by Crippen LogP contribution is 2.22. The van der Waals surface area contributed by atoms with E-state index in [0.29, 0.717) is 12.6 Å². The number of piperidine rings is 1. The lowest BCUT2D eigenvalue weighted by Gasteiger charge is -2.32. The van der Waals surface area contributed by atoms with Crippen LogP contribution in [0.1, 0.15) is 46.5 Å². The van der Waals surface area contributed by atoms with Crippen molar-refractivity contribution in [3.05, 3.63) is 0 Å². The molecule has 0 aromatic rings. The van der Waals surface area contributed by atoms with E-state index in [2.05, 4.69) is 17.1 Å². The smallest absolute Gasteiger partial charge is 0.234 e. The number of rotatable bonds is 7. The highest BCUT2D eigenvalue weighted by molar-refractivity contribution is 5.78. The molecule has 1 atom stereocenters. The van der Waals surface area contributed by atoms with Crippen molar-refractivity contribution in [3.63, 3.8) is 0 Å². The second-order valence-corrected chi connectivity index (χ2v) is 6.07. The summed E-state index contributed by atoms with van der Waals surface area (Å²) in [7, 11) is 1.78. The molecule has 0 radical (unpaired) electrons. The summed E-state index contributed by atoms with van der Waals surface area (Å²) in [5.41, 5.74) is 0. The number of hydrogen-bond acceptors (Lipinski definition) is 3. The molecule has 1 rings (SSSR count). The summed E-state index contributed by atoms with van der Waals surface area (Å²) in [5, 5.41) is 2.95. The van der Waals surface area contributed by atoms with Crippen LogP contribution in [0.25, 0.3) is 0 Å². The van der Waals surface area contributed by atoms with Gasteiger partial charge in [-0.05, 0) is 65.5 Å². The minimum Gasteiger partial charge on any atom is -0.382 e. The molecule has 4 nitrogen and oxygen atoms in total. The number of carbonyl (C=O) groups excluding carboxylic acids is 1. The van der Waals surface area contributed by atoms with Crippen LogP contribution in [0.5, 0.6) is 0 Å². The first-order valence-corrected chi connectivity index (χ1v) is 7.55. The van der Waals surface area contributed by atoms with Crippen LogP contribution >= 0.6 is 0 Å². The number of methoxy groups -OCH3 is 1. The first-order valence-electron chi connectivity index (χ1n) is 7.55. The molecule has 1 N–H and O–H groups in total. The molecule has 112 valence electrons. The van der Waals surface area contributed by atoms with Crippen molar-refractivity contribution in [1.82, 2.24) is 10.2 Å². The summed E-state index contributed by atoms with van der Waals surface area (Å²) in [5.74, 6) is 0.962. The fourth-order valence-corrected chi connectivity index (χ4v) is 2.59. The molecular weight excluding hydrogens is 240 g/mol. The number of hydrogen-bond donors (Lipinski definition) is 1. The Morgan fingerprint density at radius 2 is 1.95 bits per heavy atom. The minimum atomic E-state index is 0.154. The molecule has 0 unspecified atom stereocenters. The van der Waals surface area contributed by atoms with E-state index in [1.165, 1.54) is 19.3 Å². The number of amides is 1. The summed E-state index contributed by atoms with van der Waals surface area (Å²) < 4.78 is 5.29. The molecule has 1 heterocycles. The van der Waals surface area contributed by atoms with Crippen LogP contribution in [-0.2, 0) is 9.53 Å². The Morgan fingerprint density at radius 1 is 1.32 bits per heavy atom. The predicted molar refractivity (Wildman–Crippen MR) is 78.1 cm³/mol. The normalized spacial score (nSPS) is 19.6. The predicted octanol–water partition coefficient (Wildman–Crippen LogP) is 2.04. The van der Waals surface area contributed by atoms with Gasteiger partial charge in [0.2, 0.25) is 5.91 Å². The third-order valence-electron chi connectivity index (χ3n) is 3.91. The van der Waals surface area contributed by atoms with Crippen LogP contribution in [0.15, 0.2) is 0 Å². The summed E-state index contributed by atoms with van der Waals surface area (Å²) in [4.78, 5) is 14.0. The minimum absolute atomic E-state index is 0.154. The van der Waals surface area contributed by atoms with Crippen LogP contribution in [-0.4, -0.2) is 49.7 Å². The number of nitrogens with zero attached hydrogens (tertiary/aromatic N) is 1. The Morgan fingerprint density at radius 3 is 2.47 bits per heavy atom. The molecule has 0 saturated carbocycles. The molecule has 4 heteroatoms. The van der Waals surface area contributed by atoms with Crippen LogP contribution in [0.4, 0.5) is 0 Å². The summed E-state index contributed by atoms with van der Waals surface area (Å²) >= 11 is 0. The van der Waals surface area contributed by atoms with Crippen LogP contribution in [0.2, 0.25) is 0 Å². The maximum absolute atomic E-state index is 11.7. The lowest BCUT2D eigenvalue weighted by atomic mass is 9.91. The first kappa shape index (κ1) is 16.4. The van der Waals surface area contributed by atoms with Gasteiger partial charge in [-0.1, -0.05) is 0 Å². The average molecular weight is 270 g/mol. The molecule has 1 saturated heterocycles. The van der Waals surface area contributed by atoms with E-state index >= 15 is 0 Å². The first-order chi connectivity index (χ1) is 9.01. The SMILES string of the molecule is CO[C@@H](C)CCC1CCN(CC(=O)NC(C)C)CC1. The fourth-order valence-electron chi connectivity index (χ4n) is 2.59. The van der Waals surface area contributed by atoms with Gasteiger partial charge in [-0.2, -0.15) is 0 Å². The summed E-state index contributed by atoms with van der Waals surface area (Å²) in [6.07, 6.45) is 5.20. The van der Waals surface area contributed by atoms with Gasteiger partial charge in [0.05, 0.1) is 12.6 Å². The van der Waals surface area contributed by atoms with E-state index in [9.17, 15) is 4.79 Å². The third-order valence-corrected chi connectivity index (χ3v) is 3.91. The van der Waals surface area contributed by atoms with Crippen molar-refractivity contribution < 1.29 is 9.53 Å². The second kappa shape index (κ2) is 8.54. The molecule has 1 aliphatic heterocycles. The zero-order valence-electron chi connectivity index (χ0n) is 12.9. The van der Waals surface area contributed by atoms with Gasteiger partial charge in [-0.3, -0.25) is 9.69 Å². The maximum Gasteiger partial charge on any atom is 0.234 e. The molecule has 1 aliphatic rings. The quantitative estimate of drug-likeness (QED) is 0.770. The zero-order chi connectivity index (χ0) is 14.3. The number of nitrogens with one attached hydrogen (secondary N) is 1. The summed E-state index contributed by atoms with van der Waals surface area (Å²) in [6.45, 7) is 8.79. The van der Waals surface area contributed by atoms with Gasteiger partial charge in [0.1, 0.15) is 0 Å². The zero-order valence-corrected chi connectivity index (χ0v) is 12.9. The summed E-state index contributed by atoms with van der Waals surface area (Å²) in [6, 6.07) is 0.237. The molecule has 0 aliphatic carbocycles. The molecule has 0 spiro atoms. The lowest BCUT2D eigenvalue weighted by Crippen LogP contribution is -2.43. The van der Waals surface area contributed by atoms with Gasteiger partial charge < -0.3 is 10.1 Å². The standard InChI is InChI=1S/C15H30N2O2/c1-12(2)16-15(18)11-17-9-7-14(8-10-17)6-5-13(3)19-4/h12-14H,5-11H2,1-4H3,(H,16,18)/t13-/m0/s1. The van der Waals surface area contributed by atoms with Crippen molar-refractivity contribution >= 4 is 5.91 Å². The Balaban J connectivity index is 2.16. The Kier molecular flexibility index (Phi) is 7.39. The van der Waals surface area contributed by atoms with E-state index in [-0.39, 0.29) is 11.9 Å². The van der Waals surface area contributed by atoms with Crippen molar-refractivity contribution in [3.8, 4) is 0 Å². The lowest BCUT2D eigenvalue weighted by molar-refractivity contribution is -0.123. The molecule has 0 bridgehead atoms. The second-order valence-electron chi connectivity index (χ2n) is 6.07. The maximum atomic E-state index is 11.7. The van der Waals surface area contributed by atoms with Crippen molar-refractivity contribution in [1.29, 1.82) is 0 Å². The largest absolute Gasteiger partial charge is 0.382 e. The monoisotopic (exact) mass is 270 g/mol. The topological polar surface area (TPSA) is 41.6 Å². The Hall–Kier alpha value is -0.610. The molecule has 19 heavy (non-hydrogen) atoms. The highest BCUT2D eigenvalue weighted by Gasteiger charge is 2.21. The fraction of sp³-hybridized carbons (Fsp3) is 0.933. The molecule has 1 amide bonds. The van der Waals surface area contributed by atoms with Gasteiger partial charge in [0, 0.05) is 13.2 Å². The van der Waals surface area contributed by atoms with Crippen molar-refractivity contribution in [2.24, 2.45) is 5.92 Å². The molecule has 1 fully saturated rings. The van der Waals surface area contributed by atoms with Crippen LogP contribution in [0, 0.1) is 5.92 Å². The van der Waals surface area contributed by atoms with E-state index in [1.807, 2.05) is 13.8 Å². The highest BCUT2D eigenvalue weighted by atomic mass is 16.5. The van der Waals surface area contributed by atoms with E-state index in [0.717, 1.165) is 25.4 Å². The number of likely N-dealkylation sites (tertiary alicyclic amines) is 1. The number of ether oxygens (including phenoxy) is 1. The van der Waals surface area contributed by atoms with Crippen LogP contribution in [0.3, 0.4) is 0 Å². The van der Waals surface area contributed by atoms with Crippen LogP contribution < -0.4 is 5.32 Å². The molecular formula is C15H30N2O2. The van der Waals surface area contributed by atoms with Gasteiger partial charge in [0.15, 0.2) is 0 Å². The number of carbonyl (C=O) groups is 1. The average Bonchev–Trinajstić information content (AvgIpc) is 2.36. The Bertz CT molecular complexity index is 261. The van der Waals surface area contributed by atoms with E-state index < -0.39 is 0 Å². The third kappa shape index (κ3) is 6.92. The van der Waals surface area contributed by atoms with Gasteiger partial charge >= 0.3 is 0 Å². The van der Waals surface area contributed by atoms with Crippen molar-refractivity contribution in [2.45, 2.75) is 58.6 Å². The van der Waals surface area contributed by atoms with Gasteiger partial charge in [-0.15, -0.1) is 0 Å². The molecule has 0 aromatic heterocycles. The van der Waals surface area contributed by atoms with Gasteiger partial charge in [-0.25, -0.2) is 0 Å². The van der Waals surface area contributed by atoms with Crippen molar-refractivity contribution in [2.75, 3.05) is 26.7 Å². The molecule has 0 aromatic carbocycles. The van der Waals surface area contributed by atoms with E-state index in [4.69, 9.17) is 4.74 Å². The Labute approximate surface area is 117 Å².